The van der Waals surface area contributed by atoms with Crippen molar-refractivity contribution in [2.45, 2.75) is 52.2 Å². The van der Waals surface area contributed by atoms with Gasteiger partial charge in [0.05, 0.1) is 13.1 Å². The van der Waals surface area contributed by atoms with Crippen molar-refractivity contribution in [2.24, 2.45) is 0 Å². The first-order valence-corrected chi connectivity index (χ1v) is 9.95. The molecule has 1 aromatic rings. The molecule has 1 N–H and O–H groups in total. The Morgan fingerprint density at radius 2 is 1.90 bits per heavy atom. The fourth-order valence-corrected chi connectivity index (χ4v) is 3.48. The van der Waals surface area contributed by atoms with Crippen molar-refractivity contribution in [3.63, 3.8) is 0 Å². The highest BCUT2D eigenvalue weighted by Gasteiger charge is 2.33. The van der Waals surface area contributed by atoms with Gasteiger partial charge in [0.15, 0.2) is 0 Å². The SMILES string of the molecule is CC(=O)NC[C@H]1CN(c2ccc3c(c2)CCN(C(=O)OC(C)(C)C)CC3)C(=O)O1. The second-order valence-electron chi connectivity index (χ2n) is 8.47. The van der Waals surface area contributed by atoms with E-state index in [0.29, 0.717) is 32.6 Å². The van der Waals surface area contributed by atoms with Crippen LogP contribution in [0.15, 0.2) is 18.2 Å². The number of amides is 3. The molecular formula is C21H29N3O5. The minimum atomic E-state index is -0.521. The topological polar surface area (TPSA) is 88.2 Å². The van der Waals surface area contributed by atoms with Gasteiger partial charge in [0, 0.05) is 25.7 Å². The van der Waals surface area contributed by atoms with Crippen LogP contribution in [0.2, 0.25) is 0 Å². The Balaban J connectivity index is 1.66. The molecular weight excluding hydrogens is 374 g/mol. The maximum absolute atomic E-state index is 12.4. The third kappa shape index (κ3) is 5.40. The molecule has 3 rings (SSSR count). The smallest absolute Gasteiger partial charge is 0.414 e. The number of carbonyl (C=O) groups excluding carboxylic acids is 3. The third-order valence-corrected chi connectivity index (χ3v) is 4.91. The molecule has 1 fully saturated rings. The van der Waals surface area contributed by atoms with E-state index in [4.69, 9.17) is 9.47 Å². The molecule has 0 radical (unpaired) electrons. The number of nitrogens with one attached hydrogen (secondary N) is 1. The van der Waals surface area contributed by atoms with E-state index >= 15 is 0 Å². The number of anilines is 1. The lowest BCUT2D eigenvalue weighted by atomic mass is 10.0. The fourth-order valence-electron chi connectivity index (χ4n) is 3.48. The summed E-state index contributed by atoms with van der Waals surface area (Å²) in [6.45, 7) is 8.87. The second-order valence-corrected chi connectivity index (χ2v) is 8.47. The zero-order valence-corrected chi connectivity index (χ0v) is 17.5. The van der Waals surface area contributed by atoms with Crippen molar-refractivity contribution in [1.29, 1.82) is 0 Å². The minimum absolute atomic E-state index is 0.154. The molecule has 2 aliphatic heterocycles. The summed E-state index contributed by atoms with van der Waals surface area (Å²) < 4.78 is 10.8. The maximum atomic E-state index is 12.4. The molecule has 1 atom stereocenters. The average molecular weight is 403 g/mol. The molecule has 1 saturated heterocycles. The van der Waals surface area contributed by atoms with Gasteiger partial charge in [-0.2, -0.15) is 0 Å². The Morgan fingerprint density at radius 1 is 1.21 bits per heavy atom. The van der Waals surface area contributed by atoms with Crippen LogP contribution in [0, 0.1) is 0 Å². The molecule has 0 aliphatic carbocycles. The number of benzene rings is 1. The van der Waals surface area contributed by atoms with Gasteiger partial charge in [0.25, 0.3) is 0 Å². The van der Waals surface area contributed by atoms with E-state index in [9.17, 15) is 14.4 Å². The van der Waals surface area contributed by atoms with E-state index in [1.165, 1.54) is 12.5 Å². The molecule has 3 amide bonds. The highest BCUT2D eigenvalue weighted by atomic mass is 16.6. The van der Waals surface area contributed by atoms with Crippen LogP contribution in [0.3, 0.4) is 0 Å². The largest absolute Gasteiger partial charge is 0.444 e. The van der Waals surface area contributed by atoms with Crippen molar-refractivity contribution >= 4 is 23.8 Å². The summed E-state index contributed by atoms with van der Waals surface area (Å²) in [5.74, 6) is -0.154. The minimum Gasteiger partial charge on any atom is -0.444 e. The van der Waals surface area contributed by atoms with E-state index in [0.717, 1.165) is 17.7 Å². The second kappa shape index (κ2) is 8.31. The number of nitrogens with zero attached hydrogens (tertiary/aromatic N) is 2. The van der Waals surface area contributed by atoms with Crippen LogP contribution in [-0.4, -0.2) is 60.9 Å². The predicted molar refractivity (Wildman–Crippen MR) is 108 cm³/mol. The summed E-state index contributed by atoms with van der Waals surface area (Å²) in [5, 5.41) is 2.68. The van der Waals surface area contributed by atoms with E-state index < -0.39 is 11.7 Å². The standard InChI is InChI=1S/C21H29N3O5/c1-14(25)22-12-18-13-24(20(27)28-18)17-6-5-15-7-9-23(10-8-16(15)11-17)19(26)29-21(2,3)4/h5-6,11,18H,7-10,12-13H2,1-4H3,(H,22,25)/t18-/m0/s1. The summed E-state index contributed by atoms with van der Waals surface area (Å²) in [4.78, 5) is 39.0. The van der Waals surface area contributed by atoms with Gasteiger partial charge in [0.1, 0.15) is 11.7 Å². The summed E-state index contributed by atoms with van der Waals surface area (Å²) >= 11 is 0. The van der Waals surface area contributed by atoms with Crippen LogP contribution in [0.25, 0.3) is 0 Å². The van der Waals surface area contributed by atoms with Crippen molar-refractivity contribution in [2.75, 3.05) is 31.1 Å². The number of carbonyl (C=O) groups is 3. The van der Waals surface area contributed by atoms with Gasteiger partial charge < -0.3 is 19.7 Å². The average Bonchev–Trinajstić information content (AvgIpc) is 2.86. The molecule has 1 aromatic carbocycles. The van der Waals surface area contributed by atoms with Gasteiger partial charge >= 0.3 is 12.2 Å². The van der Waals surface area contributed by atoms with E-state index in [1.54, 1.807) is 9.80 Å². The predicted octanol–water partition coefficient (Wildman–Crippen LogP) is 2.48. The zero-order valence-electron chi connectivity index (χ0n) is 17.5. The van der Waals surface area contributed by atoms with Crippen molar-refractivity contribution in [3.05, 3.63) is 29.3 Å². The summed E-state index contributed by atoms with van der Waals surface area (Å²) in [6, 6.07) is 5.91. The number of fused-ring (bicyclic) bond motifs is 1. The molecule has 0 saturated carbocycles. The number of cyclic esters (lactones) is 1. The van der Waals surface area contributed by atoms with Crippen LogP contribution in [-0.2, 0) is 27.1 Å². The number of rotatable bonds is 3. The summed E-state index contributed by atoms with van der Waals surface area (Å²) in [7, 11) is 0. The molecule has 0 unspecified atom stereocenters. The molecule has 0 aromatic heterocycles. The van der Waals surface area contributed by atoms with Gasteiger partial charge in [0.2, 0.25) is 5.91 Å². The summed E-state index contributed by atoms with van der Waals surface area (Å²) in [5.41, 5.74) is 2.53. The lowest BCUT2D eigenvalue weighted by Crippen LogP contribution is -2.38. The Bertz CT molecular complexity index is 802. The van der Waals surface area contributed by atoms with Gasteiger partial charge in [-0.1, -0.05) is 6.07 Å². The first-order valence-electron chi connectivity index (χ1n) is 9.95. The molecule has 8 heteroatoms. The first kappa shape index (κ1) is 21.0. The number of hydrogen-bond donors (Lipinski definition) is 1. The van der Waals surface area contributed by atoms with Gasteiger partial charge in [-0.25, -0.2) is 9.59 Å². The van der Waals surface area contributed by atoms with E-state index in [-0.39, 0.29) is 18.1 Å². The Morgan fingerprint density at radius 3 is 2.55 bits per heavy atom. The molecule has 158 valence electrons. The van der Waals surface area contributed by atoms with Gasteiger partial charge in [-0.05, 0) is 56.9 Å². The monoisotopic (exact) mass is 403 g/mol. The first-order chi connectivity index (χ1) is 13.6. The molecule has 0 spiro atoms. The van der Waals surface area contributed by atoms with Crippen LogP contribution >= 0.6 is 0 Å². The van der Waals surface area contributed by atoms with Crippen LogP contribution in [0.5, 0.6) is 0 Å². The summed E-state index contributed by atoms with van der Waals surface area (Å²) in [6.07, 6.45) is 0.358. The lowest BCUT2D eigenvalue weighted by molar-refractivity contribution is -0.119. The Labute approximate surface area is 171 Å². The van der Waals surface area contributed by atoms with Crippen molar-refractivity contribution in [3.8, 4) is 0 Å². The molecule has 2 aliphatic rings. The van der Waals surface area contributed by atoms with Gasteiger partial charge in [-0.15, -0.1) is 0 Å². The third-order valence-electron chi connectivity index (χ3n) is 4.91. The van der Waals surface area contributed by atoms with Crippen molar-refractivity contribution in [1.82, 2.24) is 10.2 Å². The van der Waals surface area contributed by atoms with Crippen LogP contribution in [0.4, 0.5) is 15.3 Å². The molecule has 0 bridgehead atoms. The maximum Gasteiger partial charge on any atom is 0.414 e. The quantitative estimate of drug-likeness (QED) is 0.838. The van der Waals surface area contributed by atoms with Crippen LogP contribution in [0.1, 0.15) is 38.8 Å². The molecule has 8 nitrogen and oxygen atoms in total. The molecule has 29 heavy (non-hydrogen) atoms. The lowest BCUT2D eigenvalue weighted by Gasteiger charge is -2.26. The number of hydrogen-bond acceptors (Lipinski definition) is 5. The van der Waals surface area contributed by atoms with Gasteiger partial charge in [-0.3, -0.25) is 9.69 Å². The van der Waals surface area contributed by atoms with Crippen molar-refractivity contribution < 1.29 is 23.9 Å². The Hall–Kier alpha value is -2.77. The van der Waals surface area contributed by atoms with E-state index in [2.05, 4.69) is 5.32 Å². The number of ether oxygens (including phenoxy) is 2. The Kier molecular flexibility index (Phi) is 6.00. The highest BCUT2D eigenvalue weighted by Crippen LogP contribution is 2.27. The normalized spacial score (nSPS) is 19.3. The highest BCUT2D eigenvalue weighted by molar-refractivity contribution is 5.90. The van der Waals surface area contributed by atoms with Crippen LogP contribution < -0.4 is 10.2 Å². The zero-order chi connectivity index (χ0) is 21.2. The fraction of sp³-hybridized carbons (Fsp3) is 0.571. The van der Waals surface area contributed by atoms with E-state index in [1.807, 2.05) is 39.0 Å². The molecule has 2 heterocycles.